The highest BCUT2D eigenvalue weighted by atomic mass is 16.2. The monoisotopic (exact) mass is 238 g/mol. The number of carbonyl (C=O) groups excluding carboxylic acids is 1. The number of rotatable bonds is 3. The first-order chi connectivity index (χ1) is 8.06. The lowest BCUT2D eigenvalue weighted by Gasteiger charge is -2.44. The van der Waals surface area contributed by atoms with Crippen LogP contribution in [-0.4, -0.2) is 36.5 Å². The van der Waals surface area contributed by atoms with Crippen LogP contribution in [0, 0.1) is 11.3 Å². The van der Waals surface area contributed by atoms with E-state index in [1.165, 1.54) is 19.3 Å². The Hall–Kier alpha value is -0.570. The Morgan fingerprint density at radius 3 is 2.53 bits per heavy atom. The third-order valence-electron chi connectivity index (χ3n) is 4.63. The lowest BCUT2D eigenvalue weighted by atomic mass is 9.68. The first-order valence-corrected chi connectivity index (χ1v) is 7.07. The first-order valence-electron chi connectivity index (χ1n) is 7.07. The normalized spacial score (nSPS) is 28.5. The van der Waals surface area contributed by atoms with Gasteiger partial charge in [0.15, 0.2) is 0 Å². The number of hydrogen-bond acceptors (Lipinski definition) is 2. The molecule has 1 N–H and O–H groups in total. The molecule has 0 radical (unpaired) electrons. The molecule has 17 heavy (non-hydrogen) atoms. The molecular formula is C14H26N2O. The molecule has 1 saturated heterocycles. The highest BCUT2D eigenvalue weighted by Gasteiger charge is 2.41. The molecule has 0 aromatic carbocycles. The smallest absolute Gasteiger partial charge is 0.226 e. The predicted octanol–water partition coefficient (Wildman–Crippen LogP) is 2.02. The molecule has 0 spiro atoms. The lowest BCUT2D eigenvalue weighted by Crippen LogP contribution is -2.60. The van der Waals surface area contributed by atoms with E-state index >= 15 is 0 Å². The summed E-state index contributed by atoms with van der Waals surface area (Å²) in [7, 11) is 0. The van der Waals surface area contributed by atoms with Crippen LogP contribution in [0.4, 0.5) is 0 Å². The van der Waals surface area contributed by atoms with Crippen LogP contribution in [0.3, 0.4) is 0 Å². The fraction of sp³-hybridized carbons (Fsp3) is 0.929. The SMILES string of the molecule is CCN(C(=O)C1CCCCC1(C)C)C1CNC1. The summed E-state index contributed by atoms with van der Waals surface area (Å²) in [5.74, 6) is 0.653. The summed E-state index contributed by atoms with van der Waals surface area (Å²) in [6, 6.07) is 0.449. The fourth-order valence-electron chi connectivity index (χ4n) is 3.24. The zero-order chi connectivity index (χ0) is 12.5. The van der Waals surface area contributed by atoms with Gasteiger partial charge in [0.25, 0.3) is 0 Å². The Labute approximate surface area is 105 Å². The zero-order valence-electron chi connectivity index (χ0n) is 11.5. The largest absolute Gasteiger partial charge is 0.337 e. The molecule has 98 valence electrons. The van der Waals surface area contributed by atoms with Crippen LogP contribution < -0.4 is 5.32 Å². The van der Waals surface area contributed by atoms with Crippen LogP contribution in [0.5, 0.6) is 0 Å². The topological polar surface area (TPSA) is 32.3 Å². The summed E-state index contributed by atoms with van der Waals surface area (Å²) in [5.41, 5.74) is 0.194. The number of carbonyl (C=O) groups is 1. The van der Waals surface area contributed by atoms with Crippen molar-refractivity contribution in [2.75, 3.05) is 19.6 Å². The predicted molar refractivity (Wildman–Crippen MR) is 69.8 cm³/mol. The summed E-state index contributed by atoms with van der Waals surface area (Å²) in [6.07, 6.45) is 4.79. The van der Waals surface area contributed by atoms with Crippen LogP contribution in [0.15, 0.2) is 0 Å². The van der Waals surface area contributed by atoms with Crippen molar-refractivity contribution in [1.82, 2.24) is 10.2 Å². The molecule has 0 bridgehead atoms. The van der Waals surface area contributed by atoms with E-state index in [-0.39, 0.29) is 11.3 Å². The summed E-state index contributed by atoms with van der Waals surface area (Å²) >= 11 is 0. The van der Waals surface area contributed by atoms with Gasteiger partial charge in [0.2, 0.25) is 5.91 Å². The molecule has 3 nitrogen and oxygen atoms in total. The maximum absolute atomic E-state index is 12.7. The fourth-order valence-corrected chi connectivity index (χ4v) is 3.24. The molecule has 1 amide bonds. The average Bonchev–Trinajstić information content (AvgIpc) is 2.21. The second kappa shape index (κ2) is 4.97. The van der Waals surface area contributed by atoms with Crippen molar-refractivity contribution in [3.05, 3.63) is 0 Å². The highest BCUT2D eigenvalue weighted by molar-refractivity contribution is 5.80. The summed E-state index contributed by atoms with van der Waals surface area (Å²) in [5, 5.41) is 3.26. The van der Waals surface area contributed by atoms with Gasteiger partial charge in [0.1, 0.15) is 0 Å². The van der Waals surface area contributed by atoms with Crippen LogP contribution in [0.2, 0.25) is 0 Å². The maximum Gasteiger partial charge on any atom is 0.226 e. The Balaban J connectivity index is 2.05. The molecule has 2 rings (SSSR count). The van der Waals surface area contributed by atoms with Crippen molar-refractivity contribution in [3.8, 4) is 0 Å². The Morgan fingerprint density at radius 2 is 2.06 bits per heavy atom. The van der Waals surface area contributed by atoms with Gasteiger partial charge in [0.05, 0.1) is 6.04 Å². The number of hydrogen-bond donors (Lipinski definition) is 1. The van der Waals surface area contributed by atoms with Crippen LogP contribution in [0.25, 0.3) is 0 Å². The van der Waals surface area contributed by atoms with Crippen LogP contribution >= 0.6 is 0 Å². The Kier molecular flexibility index (Phi) is 3.76. The van der Waals surface area contributed by atoms with Crippen molar-refractivity contribution in [1.29, 1.82) is 0 Å². The standard InChI is InChI=1S/C14H26N2O/c1-4-16(11-9-15-10-11)13(17)12-7-5-6-8-14(12,2)3/h11-12,15H,4-10H2,1-3H3. The number of nitrogens with zero attached hydrogens (tertiary/aromatic N) is 1. The second-order valence-corrected chi connectivity index (χ2v) is 6.22. The van der Waals surface area contributed by atoms with E-state index in [0.717, 1.165) is 26.1 Å². The van der Waals surface area contributed by atoms with Gasteiger partial charge in [-0.3, -0.25) is 4.79 Å². The maximum atomic E-state index is 12.7. The molecule has 1 saturated carbocycles. The third kappa shape index (κ3) is 2.49. The van der Waals surface area contributed by atoms with Gasteiger partial charge in [0, 0.05) is 25.6 Å². The van der Waals surface area contributed by atoms with Gasteiger partial charge in [-0.15, -0.1) is 0 Å². The molecule has 2 fully saturated rings. The van der Waals surface area contributed by atoms with Crippen molar-refractivity contribution >= 4 is 5.91 Å². The minimum absolute atomic E-state index is 0.194. The molecule has 1 atom stereocenters. The molecule has 2 aliphatic rings. The van der Waals surface area contributed by atoms with Gasteiger partial charge in [-0.2, -0.15) is 0 Å². The van der Waals surface area contributed by atoms with E-state index in [9.17, 15) is 4.79 Å². The minimum atomic E-state index is 0.194. The molecule has 0 aromatic rings. The van der Waals surface area contributed by atoms with E-state index in [0.29, 0.717) is 11.9 Å². The molecule has 0 aromatic heterocycles. The van der Waals surface area contributed by atoms with Gasteiger partial charge in [-0.25, -0.2) is 0 Å². The third-order valence-corrected chi connectivity index (χ3v) is 4.63. The Bertz CT molecular complexity index is 284. The molecule has 1 aliphatic heterocycles. The summed E-state index contributed by atoms with van der Waals surface area (Å²) in [4.78, 5) is 14.8. The molecule has 3 heteroatoms. The average molecular weight is 238 g/mol. The second-order valence-electron chi connectivity index (χ2n) is 6.22. The summed E-state index contributed by atoms with van der Waals surface area (Å²) in [6.45, 7) is 9.45. The zero-order valence-corrected chi connectivity index (χ0v) is 11.5. The number of amides is 1. The van der Waals surface area contributed by atoms with Crippen molar-refractivity contribution < 1.29 is 4.79 Å². The number of likely N-dealkylation sites (N-methyl/N-ethyl adjacent to an activating group) is 1. The van der Waals surface area contributed by atoms with E-state index in [1.807, 2.05) is 0 Å². The van der Waals surface area contributed by atoms with Gasteiger partial charge < -0.3 is 10.2 Å². The highest BCUT2D eigenvalue weighted by Crippen LogP contribution is 2.41. The Morgan fingerprint density at radius 1 is 1.35 bits per heavy atom. The molecule has 1 heterocycles. The minimum Gasteiger partial charge on any atom is -0.337 e. The van der Waals surface area contributed by atoms with Crippen LogP contribution in [0.1, 0.15) is 46.5 Å². The van der Waals surface area contributed by atoms with Crippen molar-refractivity contribution in [2.45, 2.75) is 52.5 Å². The van der Waals surface area contributed by atoms with Crippen molar-refractivity contribution in [2.24, 2.45) is 11.3 Å². The lowest BCUT2D eigenvalue weighted by molar-refractivity contribution is -0.144. The van der Waals surface area contributed by atoms with E-state index in [4.69, 9.17) is 0 Å². The van der Waals surface area contributed by atoms with Gasteiger partial charge in [-0.05, 0) is 25.2 Å². The van der Waals surface area contributed by atoms with E-state index in [1.54, 1.807) is 0 Å². The molecule has 1 unspecified atom stereocenters. The molecule has 1 aliphatic carbocycles. The quantitative estimate of drug-likeness (QED) is 0.816. The van der Waals surface area contributed by atoms with Gasteiger partial charge in [-0.1, -0.05) is 26.7 Å². The molecular weight excluding hydrogens is 212 g/mol. The van der Waals surface area contributed by atoms with Crippen molar-refractivity contribution in [3.63, 3.8) is 0 Å². The van der Waals surface area contributed by atoms with E-state index in [2.05, 4.69) is 31.0 Å². The number of nitrogens with one attached hydrogen (secondary N) is 1. The summed E-state index contributed by atoms with van der Waals surface area (Å²) < 4.78 is 0. The van der Waals surface area contributed by atoms with Crippen LogP contribution in [-0.2, 0) is 4.79 Å². The van der Waals surface area contributed by atoms with Gasteiger partial charge >= 0.3 is 0 Å². The van der Waals surface area contributed by atoms with E-state index < -0.39 is 0 Å². The first kappa shape index (κ1) is 12.9.